The van der Waals surface area contributed by atoms with Gasteiger partial charge in [0.25, 0.3) is 46.2 Å². The Morgan fingerprint density at radius 2 is 0.864 bits per heavy atom. The van der Waals surface area contributed by atoms with Gasteiger partial charge in [-0.2, -0.15) is 8.78 Å². The van der Waals surface area contributed by atoms with Crippen molar-refractivity contribution in [2.45, 2.75) is 227 Å². The van der Waals surface area contributed by atoms with Gasteiger partial charge in [0.05, 0.1) is 11.4 Å². The maximum atomic E-state index is 14.4. The molecule has 15 nitrogen and oxygen atoms in total. The Hall–Kier alpha value is -7.56. The molecule has 0 unspecified atom stereocenters. The minimum atomic E-state index is -3.15. The Balaban J connectivity index is 0.000000240. The van der Waals surface area contributed by atoms with Gasteiger partial charge in [-0.1, -0.05) is 163 Å². The highest BCUT2D eigenvalue weighted by molar-refractivity contribution is 7.00. The van der Waals surface area contributed by atoms with Crippen LogP contribution in [0.4, 0.5) is 20.2 Å². The molecule has 0 aromatic heterocycles. The van der Waals surface area contributed by atoms with E-state index in [1.54, 1.807) is 44.7 Å². The number of alkyl halides is 2. The Bertz CT molecular complexity index is 3790. The van der Waals surface area contributed by atoms with Gasteiger partial charge in [-0.25, -0.2) is 0 Å². The van der Waals surface area contributed by atoms with E-state index in [1.807, 2.05) is 44.7 Å². The van der Waals surface area contributed by atoms with Crippen molar-refractivity contribution in [3.05, 3.63) is 168 Å². The third kappa shape index (κ3) is 17.4. The van der Waals surface area contributed by atoms with E-state index in [0.717, 1.165) is 81.9 Å². The largest absolute Gasteiger partial charge is 0.476 e. The van der Waals surface area contributed by atoms with Crippen molar-refractivity contribution in [3.63, 3.8) is 0 Å². The van der Waals surface area contributed by atoms with Gasteiger partial charge in [-0.05, 0) is 211 Å². The van der Waals surface area contributed by atoms with Crippen molar-refractivity contribution in [2.75, 3.05) is 49.2 Å². The lowest BCUT2D eigenvalue weighted by Crippen LogP contribution is -2.66. The summed E-state index contributed by atoms with van der Waals surface area (Å²) in [6.07, 6.45) is 6.61. The first-order valence-electron chi connectivity index (χ1n) is 37.4. The molecule has 2 aliphatic heterocycles. The van der Waals surface area contributed by atoms with Gasteiger partial charge in [0, 0.05) is 74.7 Å². The highest BCUT2D eigenvalue weighted by Gasteiger charge is 2.52. The summed E-state index contributed by atoms with van der Waals surface area (Å²) in [7, 11) is -5.18. The highest BCUT2D eigenvalue weighted by atomic mass is 28.4. The molecule has 0 atom stereocenters. The van der Waals surface area contributed by atoms with Gasteiger partial charge in [0.2, 0.25) is 0 Å². The van der Waals surface area contributed by atoms with Crippen molar-refractivity contribution >= 4 is 78.3 Å². The number of anilines is 2. The normalized spacial score (nSPS) is 19.0. The number of rotatable bonds is 24. The first kappa shape index (κ1) is 79.6. The number of hydrogen-bond donors (Lipinski definition) is 2. The van der Waals surface area contributed by atoms with Gasteiger partial charge in [0.15, 0.2) is 11.2 Å². The van der Waals surface area contributed by atoms with E-state index >= 15 is 0 Å². The van der Waals surface area contributed by atoms with Crippen LogP contribution in [0.5, 0.6) is 11.5 Å². The zero-order valence-corrected chi connectivity index (χ0v) is 66.0. The van der Waals surface area contributed by atoms with Gasteiger partial charge in [0.1, 0.15) is 11.5 Å². The fourth-order valence-electron chi connectivity index (χ4n) is 16.5. The Kier molecular flexibility index (Phi) is 25.7. The lowest BCUT2D eigenvalue weighted by molar-refractivity contribution is -0.133. The van der Waals surface area contributed by atoms with Crippen LogP contribution in [0.15, 0.2) is 146 Å². The van der Waals surface area contributed by atoms with Crippen LogP contribution in [0.3, 0.4) is 0 Å². The number of ether oxygens (including phenoxy) is 2. The topological polar surface area (TPSA) is 173 Å². The van der Waals surface area contributed by atoms with E-state index in [-0.39, 0.29) is 71.0 Å². The van der Waals surface area contributed by atoms with Crippen LogP contribution in [-0.4, -0.2) is 137 Å². The lowest BCUT2D eigenvalue weighted by atomic mass is 9.83. The number of nitrogens with one attached hydrogen (secondary N) is 1. The fraction of sp³-hybridized carbons (Fsp3) is 0.512. The van der Waals surface area contributed by atoms with Gasteiger partial charge < -0.3 is 49.0 Å². The summed E-state index contributed by atoms with van der Waals surface area (Å²) in [6.45, 7) is 34.6. The number of carbonyl (C=O) groups excluding carboxylic acids is 5. The van der Waals surface area contributed by atoms with Crippen LogP contribution in [0.25, 0.3) is 0 Å². The van der Waals surface area contributed by atoms with Crippen LogP contribution in [0.2, 0.25) is 10.1 Å². The number of hydrogen-bond acceptors (Lipinski definition) is 10. The number of amides is 5. The molecular weight excluding hydrogens is 1330 g/mol. The van der Waals surface area contributed by atoms with Crippen LogP contribution in [-0.2, 0) is 23.2 Å². The summed E-state index contributed by atoms with van der Waals surface area (Å²) in [4.78, 5) is 74.2. The predicted octanol–water partition coefficient (Wildman–Crippen LogP) is 14.1. The highest BCUT2D eigenvalue weighted by Crippen LogP contribution is 2.45. The summed E-state index contributed by atoms with van der Waals surface area (Å²) in [5, 5.41) is 7.22. The molecule has 5 amide bonds. The number of benzene rings is 6. The van der Waals surface area contributed by atoms with Crippen molar-refractivity contribution in [3.8, 4) is 11.5 Å². The Morgan fingerprint density at radius 3 is 1.16 bits per heavy atom. The molecule has 0 radical (unpaired) electrons. The van der Waals surface area contributed by atoms with E-state index in [4.69, 9.17) is 24.1 Å². The van der Waals surface area contributed by atoms with Crippen molar-refractivity contribution in [1.29, 1.82) is 0 Å². The molecule has 0 saturated heterocycles. The minimum absolute atomic E-state index is 0.0127. The maximum absolute atomic E-state index is 14.4. The molecule has 10 rings (SSSR count). The zero-order chi connectivity index (χ0) is 75.0. The summed E-state index contributed by atoms with van der Waals surface area (Å²) in [5.74, 6) is 0.0387. The third-order valence-corrected chi connectivity index (χ3v) is 31.7. The lowest BCUT2D eigenvalue weighted by Gasteiger charge is -2.43. The summed E-state index contributed by atoms with van der Waals surface area (Å²) in [5.41, 5.74) is 7.34. The van der Waals surface area contributed by atoms with E-state index in [9.17, 15) is 32.8 Å². The van der Waals surface area contributed by atoms with E-state index in [1.165, 1.54) is 25.6 Å². The number of carbonyl (C=O) groups is 5. The summed E-state index contributed by atoms with van der Waals surface area (Å²) in [6, 6.07) is 50.5. The molecule has 2 saturated carbocycles. The molecule has 6 aromatic carbocycles. The van der Waals surface area contributed by atoms with Crippen molar-refractivity contribution in [2.24, 2.45) is 17.6 Å². The van der Waals surface area contributed by atoms with Gasteiger partial charge in [-0.15, -0.1) is 0 Å². The molecule has 0 bridgehead atoms. The molecule has 2 fully saturated rings. The van der Waals surface area contributed by atoms with Crippen LogP contribution in [0.1, 0.15) is 193 Å². The van der Waals surface area contributed by atoms with Crippen LogP contribution in [0, 0.1) is 25.7 Å². The van der Waals surface area contributed by atoms with E-state index < -0.39 is 40.2 Å². The Morgan fingerprint density at radius 1 is 0.544 bits per heavy atom. The molecule has 103 heavy (non-hydrogen) atoms. The second kappa shape index (κ2) is 33.3. The molecule has 3 N–H and O–H groups in total. The minimum Gasteiger partial charge on any atom is -0.476 e. The number of fused-ring (bicyclic) bond motifs is 2. The van der Waals surface area contributed by atoms with E-state index in [2.05, 4.69) is 187 Å². The predicted molar refractivity (Wildman–Crippen MR) is 415 cm³/mol. The van der Waals surface area contributed by atoms with E-state index in [0.29, 0.717) is 65.5 Å². The molecular formula is C84H114F2N6O9Si2. The van der Waals surface area contributed by atoms with Crippen molar-refractivity contribution < 1.29 is 51.1 Å². The molecule has 6 aromatic rings. The third-order valence-electron chi connectivity index (χ3n) is 21.6. The van der Waals surface area contributed by atoms with Crippen LogP contribution >= 0.6 is 0 Å². The average molecular weight is 1450 g/mol. The van der Waals surface area contributed by atoms with Gasteiger partial charge >= 0.3 is 6.43 Å². The summed E-state index contributed by atoms with van der Waals surface area (Å²) >= 11 is 0. The average Bonchev–Trinajstić information content (AvgIpc) is 0.765. The Labute approximate surface area is 614 Å². The smallest absolute Gasteiger partial charge is 0.315 e. The molecule has 19 heteroatoms. The zero-order valence-electron chi connectivity index (χ0n) is 64.0. The maximum Gasteiger partial charge on any atom is 0.315 e. The van der Waals surface area contributed by atoms with Crippen molar-refractivity contribution in [1.82, 2.24) is 15.1 Å². The second-order valence-corrected chi connectivity index (χ2v) is 41.0. The van der Waals surface area contributed by atoms with Crippen LogP contribution < -0.4 is 51.1 Å². The molecule has 4 aliphatic rings. The van der Waals surface area contributed by atoms with Gasteiger partial charge in [-0.3, -0.25) is 24.0 Å². The number of nitrogens with zero attached hydrogens (tertiary/aromatic N) is 4. The first-order valence-corrected chi connectivity index (χ1v) is 41.2. The summed E-state index contributed by atoms with van der Waals surface area (Å²) < 4.78 is 52.3. The first-order chi connectivity index (χ1) is 48.7. The molecule has 0 spiro atoms. The molecule has 556 valence electrons. The fourth-order valence-corrected chi connectivity index (χ4v) is 25.6. The number of aryl methyl sites for hydroxylation is 2. The molecule has 2 heterocycles. The monoisotopic (exact) mass is 1440 g/mol. The second-order valence-electron chi connectivity index (χ2n) is 32.4. The molecule has 2 aliphatic carbocycles. The standard InChI is InChI=1S/C43H57F2N3O5Si.C41H57N3O4Si/c1-29(2)48(40(50)35-28-36-37(27-30(35)3)53-43(7,8)41(51)47(36)25-24-46-39(49)38(44)45)32-21-19-31(20-22-32)23-26-52-54(42(4,5)6,33-15-11-9-12-16-33)34-17-13-10-14-18-34;1-29(2)44(38(45)35-28-36-37(27-30(35)3)48-41(7,8)39(46)43(36)25-24-42)32-21-19-31(20-22-32)23-26-47-49(40(4,5)6,33-15-11-9-12-16-33)34-17-13-10-14-18-34/h9-18,27-29,31-32,38H,19-26H2,1-8H3,(H,46,49);9-18,27-29,31-32H,19-26,42H2,1-8H3. The quantitative estimate of drug-likeness (QED) is 0.0555. The number of nitrogens with two attached hydrogens (primary N) is 1. The number of halogens is 2. The SMILES string of the molecule is Cc1cc2c(cc1C(=O)N(C(C)C)C1CCC(CCO[Si](c3ccccc3)(c3ccccc3)C(C)(C)C)CC1)N(CCN)C(=O)C(C)(C)O2.Cc1cc2c(cc1C(=O)N(C(C)C)C1CCC(CCO[Si](c3ccccc3)(c3ccccc3)C(C)(C)C)CC1)N(CCNC(=O)C(F)F)C(=O)C(C)(C)O2.